The number of hydrogen-bond acceptors (Lipinski definition) is 4. The van der Waals surface area contributed by atoms with Gasteiger partial charge in [0, 0.05) is 18.4 Å². The average Bonchev–Trinajstić information content (AvgIpc) is 3.45. The van der Waals surface area contributed by atoms with Gasteiger partial charge in [0.2, 0.25) is 5.91 Å². The van der Waals surface area contributed by atoms with Gasteiger partial charge in [-0.15, -0.1) is 9.24 Å². The van der Waals surface area contributed by atoms with E-state index in [9.17, 15) is 23.9 Å². The molecule has 1 aromatic rings. The molecule has 0 heterocycles. The number of carbonyl (C=O) groups is 3. The molecule has 308 valence electrons. The molecule has 1 aromatic carbocycles. The zero-order chi connectivity index (χ0) is 40.9. The lowest BCUT2D eigenvalue weighted by Crippen LogP contribution is -2.67. The summed E-state index contributed by atoms with van der Waals surface area (Å²) in [6.45, 7) is 27.3. The molecule has 6 rings (SSSR count). The molecule has 55 heavy (non-hydrogen) atoms. The van der Waals surface area contributed by atoms with E-state index in [4.69, 9.17) is 4.74 Å². The minimum absolute atomic E-state index is 0.0300. The molecular formula is C47H73FNO5P. The molecule has 6 nitrogen and oxygen atoms in total. The third-order valence-electron chi connectivity index (χ3n) is 16.8. The second kappa shape index (κ2) is 15.8. The molecule has 4 unspecified atom stereocenters. The Hall–Kier alpha value is -2.27. The monoisotopic (exact) mass is 782 g/mol. The van der Waals surface area contributed by atoms with Crippen molar-refractivity contribution in [3.8, 4) is 0 Å². The summed E-state index contributed by atoms with van der Waals surface area (Å²) in [6.07, 6.45) is 11.3. The molecule has 8 heteroatoms. The minimum Gasteiger partial charge on any atom is -0.481 e. The van der Waals surface area contributed by atoms with Crippen molar-refractivity contribution in [1.29, 1.82) is 0 Å². The van der Waals surface area contributed by atoms with Gasteiger partial charge in [-0.2, -0.15) is 0 Å². The summed E-state index contributed by atoms with van der Waals surface area (Å²) in [5.74, 6) is 1.06. The predicted octanol–water partition coefficient (Wildman–Crippen LogP) is 10.8. The van der Waals surface area contributed by atoms with Crippen molar-refractivity contribution in [1.82, 2.24) is 5.32 Å². The molecule has 5 aliphatic rings. The molecule has 0 bridgehead atoms. The van der Waals surface area contributed by atoms with Crippen molar-refractivity contribution >= 4 is 32.4 Å². The molecule has 5 fully saturated rings. The Morgan fingerprint density at radius 2 is 1.62 bits per heavy atom. The third-order valence-corrected chi connectivity index (χ3v) is 17.3. The van der Waals surface area contributed by atoms with Crippen LogP contribution >= 0.6 is 9.24 Å². The van der Waals surface area contributed by atoms with Gasteiger partial charge in [0.15, 0.2) is 0 Å². The maximum Gasteiger partial charge on any atom is 0.306 e. The van der Waals surface area contributed by atoms with Gasteiger partial charge in [-0.3, -0.25) is 14.4 Å². The Morgan fingerprint density at radius 3 is 2.25 bits per heavy atom. The first-order valence-electron chi connectivity index (χ1n) is 21.5. The first kappa shape index (κ1) is 43.8. The molecule has 2 N–H and O–H groups in total. The number of nitrogens with one attached hydrogen (secondary N) is 1. The standard InChI is InChI=1S/C45H67FNO5P.C2H6/c1-27(2)30-14-19-45(23-36(48)47-26-28-10-11-29(46)22-32(28)53)21-20-43(8)31(39(30)45)12-13-34-42(7)17-16-35(41(5,6)33(42)15-18-44(34,43)9)52-38(51)25-40(3,4)24-37(49)50;1-2/h10-11,22,30-31,33-35,39H,1,12-21,23-26,53H2,2-9H3,(H,47,48)(H,49,50);1-2H3/t30-,31+,33?,34?,35-,39?,42-,43+,44+,45+;/m0./s1. The van der Waals surface area contributed by atoms with E-state index in [2.05, 4.69) is 62.7 Å². The van der Waals surface area contributed by atoms with Crippen molar-refractivity contribution in [3.05, 3.63) is 41.7 Å². The normalized spacial score (nSPS) is 37.5. The summed E-state index contributed by atoms with van der Waals surface area (Å²) in [6, 6.07) is 4.72. The molecule has 11 atom stereocenters. The van der Waals surface area contributed by atoms with Crippen LogP contribution in [-0.2, 0) is 25.7 Å². The van der Waals surface area contributed by atoms with Gasteiger partial charge >= 0.3 is 11.9 Å². The van der Waals surface area contributed by atoms with Crippen LogP contribution in [0.15, 0.2) is 30.4 Å². The van der Waals surface area contributed by atoms with Gasteiger partial charge in [-0.05, 0) is 151 Å². The van der Waals surface area contributed by atoms with Gasteiger partial charge in [-0.1, -0.05) is 80.5 Å². The van der Waals surface area contributed by atoms with Crippen molar-refractivity contribution < 1.29 is 28.6 Å². The zero-order valence-corrected chi connectivity index (χ0v) is 37.0. The molecule has 5 aliphatic carbocycles. The van der Waals surface area contributed by atoms with E-state index in [1.807, 2.05) is 27.7 Å². The highest BCUT2D eigenvalue weighted by atomic mass is 31.0. The number of allylic oxidation sites excluding steroid dienone is 1. The maximum atomic E-state index is 13.8. The van der Waals surface area contributed by atoms with E-state index in [1.165, 1.54) is 30.5 Å². The number of amides is 1. The van der Waals surface area contributed by atoms with Crippen molar-refractivity contribution in [3.63, 3.8) is 0 Å². The Morgan fingerprint density at radius 1 is 0.927 bits per heavy atom. The van der Waals surface area contributed by atoms with E-state index in [-0.39, 0.29) is 63.7 Å². The molecule has 0 radical (unpaired) electrons. The van der Waals surface area contributed by atoms with E-state index in [1.54, 1.807) is 6.07 Å². The van der Waals surface area contributed by atoms with Gasteiger partial charge < -0.3 is 15.2 Å². The van der Waals surface area contributed by atoms with Gasteiger partial charge in [0.1, 0.15) is 11.9 Å². The number of esters is 1. The molecule has 0 spiro atoms. The van der Waals surface area contributed by atoms with Gasteiger partial charge in [-0.25, -0.2) is 4.39 Å². The summed E-state index contributed by atoms with van der Waals surface area (Å²) < 4.78 is 20.0. The zero-order valence-electron chi connectivity index (χ0n) is 35.8. The fourth-order valence-corrected chi connectivity index (χ4v) is 14.5. The summed E-state index contributed by atoms with van der Waals surface area (Å²) in [5.41, 5.74) is 1.77. The molecule has 0 aromatic heterocycles. The predicted molar refractivity (Wildman–Crippen MR) is 223 cm³/mol. The SMILES string of the molecule is C=C(C)[C@@H]1CC[C@]2(CC(=O)NCc3ccc(F)cc3P)CC[C@]3(C)[C@H](CCC4[C@@]5(C)CC[C@H](OC(=O)CC(C)(C)CC(=O)O)C(C)(C)C5CC[C@]43C)C12.CC. The molecule has 5 saturated carbocycles. The summed E-state index contributed by atoms with van der Waals surface area (Å²) in [4.78, 5) is 38.4. The first-order chi connectivity index (χ1) is 25.6. The number of fused-ring (bicyclic) bond motifs is 7. The third kappa shape index (κ3) is 7.84. The van der Waals surface area contributed by atoms with Crippen molar-refractivity contribution in [2.45, 2.75) is 165 Å². The van der Waals surface area contributed by atoms with Crippen LogP contribution in [0.4, 0.5) is 4.39 Å². The number of carboxylic acid groups (broad SMARTS) is 1. The molecule has 0 saturated heterocycles. The van der Waals surface area contributed by atoms with E-state index >= 15 is 0 Å². The minimum atomic E-state index is -0.893. The molecule has 0 aliphatic heterocycles. The smallest absolute Gasteiger partial charge is 0.306 e. The average molecular weight is 782 g/mol. The topological polar surface area (TPSA) is 92.7 Å². The van der Waals surface area contributed by atoms with E-state index in [0.717, 1.165) is 62.2 Å². The van der Waals surface area contributed by atoms with Crippen LogP contribution in [0, 0.1) is 67.9 Å². The number of carboxylic acids is 1. The van der Waals surface area contributed by atoms with Gasteiger partial charge in [0.05, 0.1) is 12.8 Å². The summed E-state index contributed by atoms with van der Waals surface area (Å²) in [7, 11) is 2.59. The first-order valence-corrected chi connectivity index (χ1v) is 22.0. The lowest BCUT2D eigenvalue weighted by molar-refractivity contribution is -0.250. The number of halogens is 1. The molecule has 1 amide bonds. The van der Waals surface area contributed by atoms with Crippen molar-refractivity contribution in [2.75, 3.05) is 0 Å². The Labute approximate surface area is 334 Å². The van der Waals surface area contributed by atoms with E-state index < -0.39 is 11.4 Å². The van der Waals surface area contributed by atoms with Crippen LogP contribution in [0.2, 0.25) is 0 Å². The van der Waals surface area contributed by atoms with Gasteiger partial charge in [0.25, 0.3) is 0 Å². The van der Waals surface area contributed by atoms with E-state index in [0.29, 0.717) is 42.6 Å². The van der Waals surface area contributed by atoms with Crippen LogP contribution < -0.4 is 10.6 Å². The Balaban J connectivity index is 0.00000285. The second-order valence-electron chi connectivity index (χ2n) is 20.6. The van der Waals surface area contributed by atoms with Crippen LogP contribution in [0.25, 0.3) is 0 Å². The number of rotatable bonds is 10. The number of ether oxygens (including phenoxy) is 1. The quantitative estimate of drug-likeness (QED) is 0.140. The Bertz CT molecular complexity index is 1640. The number of hydrogen-bond donors (Lipinski definition) is 2. The van der Waals surface area contributed by atoms with Crippen molar-refractivity contribution in [2.24, 2.45) is 62.1 Å². The Kier molecular flexibility index (Phi) is 12.6. The highest BCUT2D eigenvalue weighted by Crippen LogP contribution is 2.78. The molecular weight excluding hydrogens is 708 g/mol. The second-order valence-corrected chi connectivity index (χ2v) is 21.2. The lowest BCUT2D eigenvalue weighted by atomic mass is 9.32. The number of carbonyl (C=O) groups excluding carboxylic acids is 2. The maximum absolute atomic E-state index is 13.8. The highest BCUT2D eigenvalue weighted by Gasteiger charge is 2.71. The lowest BCUT2D eigenvalue weighted by Gasteiger charge is -2.73. The van der Waals surface area contributed by atoms with Crippen LogP contribution in [0.1, 0.15) is 158 Å². The summed E-state index contributed by atoms with van der Waals surface area (Å²) >= 11 is 0. The largest absolute Gasteiger partial charge is 0.481 e. The fourth-order valence-electron chi connectivity index (χ4n) is 14.1. The number of benzene rings is 1. The number of aliphatic carboxylic acids is 1. The van der Waals surface area contributed by atoms with Crippen LogP contribution in [0.3, 0.4) is 0 Å². The fraction of sp³-hybridized carbons (Fsp3) is 0.766. The summed E-state index contributed by atoms with van der Waals surface area (Å²) in [5, 5.41) is 13.3. The van der Waals surface area contributed by atoms with Crippen LogP contribution in [0.5, 0.6) is 0 Å². The van der Waals surface area contributed by atoms with Crippen LogP contribution in [-0.4, -0.2) is 29.1 Å². The highest BCUT2D eigenvalue weighted by molar-refractivity contribution is 7.27.